The molecule has 0 radical (unpaired) electrons. The van der Waals surface area contributed by atoms with Crippen molar-refractivity contribution >= 4 is 21.8 Å². The first kappa shape index (κ1) is 20.1. The van der Waals surface area contributed by atoms with Gasteiger partial charge in [-0.25, -0.2) is 13.4 Å². The van der Waals surface area contributed by atoms with Crippen molar-refractivity contribution in [2.24, 2.45) is 7.05 Å². The van der Waals surface area contributed by atoms with E-state index in [4.69, 9.17) is 4.98 Å². The fourth-order valence-electron chi connectivity index (χ4n) is 4.17. The van der Waals surface area contributed by atoms with Crippen LogP contribution in [0.4, 0.5) is 11.8 Å². The predicted molar refractivity (Wildman–Crippen MR) is 112 cm³/mol. The van der Waals surface area contributed by atoms with E-state index in [0.717, 1.165) is 30.5 Å². The number of aryl methyl sites for hydroxylation is 3. The molecule has 9 nitrogen and oxygen atoms in total. The molecule has 4 rings (SSSR count). The van der Waals surface area contributed by atoms with E-state index in [1.54, 1.807) is 29.9 Å². The Morgan fingerprint density at radius 2 is 1.55 bits per heavy atom. The summed E-state index contributed by atoms with van der Waals surface area (Å²) in [4.78, 5) is 14.1. The van der Waals surface area contributed by atoms with Crippen LogP contribution in [0.15, 0.2) is 11.0 Å². The van der Waals surface area contributed by atoms with Gasteiger partial charge in [-0.15, -0.1) is 0 Å². The molecule has 0 spiro atoms. The van der Waals surface area contributed by atoms with E-state index >= 15 is 0 Å². The highest BCUT2D eigenvalue weighted by Crippen LogP contribution is 2.26. The Morgan fingerprint density at radius 1 is 0.897 bits per heavy atom. The zero-order chi connectivity index (χ0) is 20.8. The average molecular weight is 420 g/mol. The van der Waals surface area contributed by atoms with Crippen molar-refractivity contribution in [2.45, 2.75) is 38.5 Å². The van der Waals surface area contributed by atoms with Crippen LogP contribution in [0.5, 0.6) is 0 Å². The monoisotopic (exact) mass is 419 g/mol. The average Bonchev–Trinajstić information content (AvgIpc) is 3.30. The Kier molecular flexibility index (Phi) is 5.24. The lowest BCUT2D eigenvalue weighted by molar-refractivity contribution is 0.383. The van der Waals surface area contributed by atoms with E-state index < -0.39 is 10.0 Å². The SMILES string of the molecule is Cc1cc(N2CCN(S(=O)(=O)c3c(C)nn(C)c3C)CC2)nc(N2CCCC2)n1. The fraction of sp³-hybridized carbons (Fsp3) is 0.632. The van der Waals surface area contributed by atoms with Crippen LogP contribution in [0.2, 0.25) is 0 Å². The Balaban J connectivity index is 1.51. The molecule has 0 saturated carbocycles. The molecule has 2 aliphatic heterocycles. The first-order chi connectivity index (χ1) is 13.8. The molecule has 29 heavy (non-hydrogen) atoms. The van der Waals surface area contributed by atoms with Crippen molar-refractivity contribution < 1.29 is 8.42 Å². The van der Waals surface area contributed by atoms with E-state index in [1.165, 1.54) is 12.8 Å². The van der Waals surface area contributed by atoms with Crippen molar-refractivity contribution in [3.63, 3.8) is 0 Å². The molecule has 2 aliphatic rings. The second-order valence-electron chi connectivity index (χ2n) is 7.88. The number of nitrogens with zero attached hydrogens (tertiary/aromatic N) is 7. The molecule has 4 heterocycles. The van der Waals surface area contributed by atoms with Crippen LogP contribution in [0.3, 0.4) is 0 Å². The van der Waals surface area contributed by atoms with Gasteiger partial charge in [-0.05, 0) is 33.6 Å². The highest BCUT2D eigenvalue weighted by molar-refractivity contribution is 7.89. The van der Waals surface area contributed by atoms with Gasteiger partial charge in [-0.2, -0.15) is 14.4 Å². The van der Waals surface area contributed by atoms with Gasteiger partial charge in [0, 0.05) is 58.1 Å². The lowest BCUT2D eigenvalue weighted by Crippen LogP contribution is -2.49. The molecule has 0 atom stereocenters. The fourth-order valence-corrected chi connectivity index (χ4v) is 5.99. The molecule has 2 aromatic rings. The van der Waals surface area contributed by atoms with Gasteiger partial charge in [0.2, 0.25) is 16.0 Å². The van der Waals surface area contributed by atoms with Gasteiger partial charge in [-0.1, -0.05) is 0 Å². The summed E-state index contributed by atoms with van der Waals surface area (Å²) >= 11 is 0. The minimum absolute atomic E-state index is 0.336. The molecule has 0 aromatic carbocycles. The molecule has 2 saturated heterocycles. The third-order valence-electron chi connectivity index (χ3n) is 5.82. The lowest BCUT2D eigenvalue weighted by atomic mass is 10.3. The minimum Gasteiger partial charge on any atom is -0.354 e. The molecule has 2 fully saturated rings. The Hall–Kier alpha value is -2.20. The Bertz CT molecular complexity index is 1000. The first-order valence-corrected chi connectivity index (χ1v) is 11.6. The van der Waals surface area contributed by atoms with Gasteiger partial charge in [0.1, 0.15) is 10.7 Å². The van der Waals surface area contributed by atoms with Crippen molar-refractivity contribution in [3.8, 4) is 0 Å². The van der Waals surface area contributed by atoms with E-state index in [2.05, 4.69) is 19.9 Å². The number of hydrogen-bond donors (Lipinski definition) is 0. The largest absolute Gasteiger partial charge is 0.354 e. The van der Waals surface area contributed by atoms with Gasteiger partial charge in [0.15, 0.2) is 0 Å². The van der Waals surface area contributed by atoms with Crippen LogP contribution in [-0.4, -0.2) is 71.7 Å². The van der Waals surface area contributed by atoms with Gasteiger partial charge < -0.3 is 9.80 Å². The number of hydrogen-bond acceptors (Lipinski definition) is 7. The summed E-state index contributed by atoms with van der Waals surface area (Å²) < 4.78 is 29.6. The molecule has 10 heteroatoms. The highest BCUT2D eigenvalue weighted by Gasteiger charge is 2.33. The highest BCUT2D eigenvalue weighted by atomic mass is 32.2. The number of sulfonamides is 1. The standard InChI is InChI=1S/C19H29N7O2S/c1-14-13-17(21-19(20-14)25-7-5-6-8-25)24-9-11-26(12-10-24)29(27,28)18-15(2)22-23(4)16(18)3/h13H,5-12H2,1-4H3. The first-order valence-electron chi connectivity index (χ1n) is 10.1. The van der Waals surface area contributed by atoms with Crippen LogP contribution >= 0.6 is 0 Å². The Morgan fingerprint density at radius 3 is 2.14 bits per heavy atom. The van der Waals surface area contributed by atoms with Crippen molar-refractivity contribution in [1.82, 2.24) is 24.1 Å². The van der Waals surface area contributed by atoms with Crippen LogP contribution in [0.1, 0.15) is 29.9 Å². The van der Waals surface area contributed by atoms with Crippen LogP contribution in [0.25, 0.3) is 0 Å². The molecular weight excluding hydrogens is 390 g/mol. The lowest BCUT2D eigenvalue weighted by Gasteiger charge is -2.35. The maximum atomic E-state index is 13.2. The minimum atomic E-state index is -3.56. The molecule has 0 amide bonds. The predicted octanol–water partition coefficient (Wildman–Crippen LogP) is 1.25. The Labute approximate surface area is 172 Å². The summed E-state index contributed by atoms with van der Waals surface area (Å²) in [6.07, 6.45) is 2.35. The maximum absolute atomic E-state index is 13.2. The van der Waals surface area contributed by atoms with E-state index in [9.17, 15) is 8.42 Å². The summed E-state index contributed by atoms with van der Waals surface area (Å²) in [5, 5.41) is 4.27. The zero-order valence-electron chi connectivity index (χ0n) is 17.6. The van der Waals surface area contributed by atoms with Crippen LogP contribution in [-0.2, 0) is 17.1 Å². The molecule has 0 bridgehead atoms. The topological polar surface area (TPSA) is 87.5 Å². The second-order valence-corrected chi connectivity index (χ2v) is 9.75. The number of rotatable bonds is 4. The van der Waals surface area contributed by atoms with Crippen molar-refractivity contribution in [1.29, 1.82) is 0 Å². The molecular formula is C19H29N7O2S. The molecule has 0 unspecified atom stereocenters. The normalized spacial score (nSPS) is 18.6. The maximum Gasteiger partial charge on any atom is 0.246 e. The number of piperazine rings is 1. The summed E-state index contributed by atoms with van der Waals surface area (Å²) in [6, 6.07) is 1.99. The second kappa shape index (κ2) is 7.56. The van der Waals surface area contributed by atoms with Gasteiger partial charge in [0.25, 0.3) is 0 Å². The third kappa shape index (κ3) is 3.71. The third-order valence-corrected chi connectivity index (χ3v) is 7.97. The zero-order valence-corrected chi connectivity index (χ0v) is 18.4. The molecule has 0 aliphatic carbocycles. The molecule has 2 aromatic heterocycles. The van der Waals surface area contributed by atoms with Crippen molar-refractivity contribution in [3.05, 3.63) is 23.1 Å². The van der Waals surface area contributed by atoms with E-state index in [1.807, 2.05) is 13.0 Å². The quantitative estimate of drug-likeness (QED) is 0.737. The van der Waals surface area contributed by atoms with Gasteiger partial charge in [-0.3, -0.25) is 4.68 Å². The van der Waals surface area contributed by atoms with Crippen molar-refractivity contribution in [2.75, 3.05) is 49.1 Å². The van der Waals surface area contributed by atoms with E-state index in [-0.39, 0.29) is 0 Å². The summed E-state index contributed by atoms with van der Waals surface area (Å²) in [6.45, 7) is 9.60. The summed E-state index contributed by atoms with van der Waals surface area (Å²) in [5.74, 6) is 1.67. The van der Waals surface area contributed by atoms with Crippen LogP contribution < -0.4 is 9.80 Å². The number of aromatic nitrogens is 4. The smallest absolute Gasteiger partial charge is 0.246 e. The summed E-state index contributed by atoms with van der Waals surface area (Å²) in [7, 11) is -1.78. The van der Waals surface area contributed by atoms with Gasteiger partial charge in [0.05, 0.1) is 11.4 Å². The number of anilines is 2. The van der Waals surface area contributed by atoms with Gasteiger partial charge >= 0.3 is 0 Å². The molecule has 158 valence electrons. The van der Waals surface area contributed by atoms with E-state index in [0.29, 0.717) is 42.5 Å². The summed E-state index contributed by atoms with van der Waals surface area (Å²) in [5.41, 5.74) is 2.16. The molecule has 0 N–H and O–H groups in total. The van der Waals surface area contributed by atoms with Crippen LogP contribution in [0, 0.1) is 20.8 Å².